The Hall–Kier alpha value is -2.21. The number of nitrogens with zero attached hydrogens (tertiary/aromatic N) is 4. The maximum Gasteiger partial charge on any atom is 0.243 e. The molecule has 1 saturated heterocycles. The monoisotopic (exact) mass is 395 g/mol. The fourth-order valence-corrected chi connectivity index (χ4v) is 4.54. The summed E-state index contributed by atoms with van der Waals surface area (Å²) in [6.07, 6.45) is 0. The molecule has 0 bridgehead atoms. The first-order chi connectivity index (χ1) is 13.1. The zero-order chi connectivity index (χ0) is 18.9. The van der Waals surface area contributed by atoms with Gasteiger partial charge in [0, 0.05) is 32.2 Å². The van der Waals surface area contributed by atoms with Crippen LogP contribution >= 0.6 is 0 Å². The normalized spacial score (nSPS) is 18.6. The standard InChI is InChI=1S/C16H21N5O5S/c17-10-16-18-15(19-26-16)11-20-3-5-21(6-4-20)27(22,23)12-1-2-13-14(9-12)25-8-7-24-13/h1-2,9H,3-8,10-11,17H2. The summed E-state index contributed by atoms with van der Waals surface area (Å²) in [4.78, 5) is 6.48. The van der Waals surface area contributed by atoms with E-state index >= 15 is 0 Å². The van der Waals surface area contributed by atoms with Gasteiger partial charge in [0.05, 0.1) is 18.0 Å². The molecule has 146 valence electrons. The molecular formula is C16H21N5O5S. The minimum absolute atomic E-state index is 0.203. The van der Waals surface area contributed by atoms with Crippen LogP contribution in [0.2, 0.25) is 0 Å². The number of sulfonamides is 1. The largest absolute Gasteiger partial charge is 0.486 e. The van der Waals surface area contributed by atoms with Gasteiger partial charge in [0.15, 0.2) is 17.3 Å². The molecule has 3 heterocycles. The minimum atomic E-state index is -3.59. The van der Waals surface area contributed by atoms with Gasteiger partial charge in [0.2, 0.25) is 15.9 Å². The molecule has 0 radical (unpaired) electrons. The molecule has 0 aliphatic carbocycles. The molecule has 1 aromatic carbocycles. The van der Waals surface area contributed by atoms with E-state index in [-0.39, 0.29) is 11.4 Å². The molecule has 0 spiro atoms. The summed E-state index contributed by atoms with van der Waals surface area (Å²) in [5.74, 6) is 1.99. The lowest BCUT2D eigenvalue weighted by Gasteiger charge is -2.33. The van der Waals surface area contributed by atoms with Crippen molar-refractivity contribution in [3.63, 3.8) is 0 Å². The van der Waals surface area contributed by atoms with Gasteiger partial charge in [-0.15, -0.1) is 0 Å². The molecule has 0 saturated carbocycles. The fourth-order valence-electron chi connectivity index (χ4n) is 3.10. The SMILES string of the molecule is NCc1nc(CN2CCN(S(=O)(=O)c3ccc4c(c3)OCCO4)CC2)no1. The van der Waals surface area contributed by atoms with Crippen molar-refractivity contribution >= 4 is 10.0 Å². The lowest BCUT2D eigenvalue weighted by molar-refractivity contribution is 0.170. The van der Waals surface area contributed by atoms with E-state index in [1.165, 1.54) is 10.4 Å². The van der Waals surface area contributed by atoms with Crippen molar-refractivity contribution in [2.75, 3.05) is 39.4 Å². The van der Waals surface area contributed by atoms with Crippen molar-refractivity contribution in [3.05, 3.63) is 29.9 Å². The molecule has 1 aromatic heterocycles. The third-order valence-corrected chi connectivity index (χ3v) is 6.43. The van der Waals surface area contributed by atoms with E-state index in [9.17, 15) is 8.42 Å². The van der Waals surface area contributed by atoms with Crippen LogP contribution in [0, 0.1) is 0 Å². The van der Waals surface area contributed by atoms with E-state index < -0.39 is 10.0 Å². The first-order valence-corrected chi connectivity index (χ1v) is 10.1. The van der Waals surface area contributed by atoms with Crippen LogP contribution in [0.15, 0.2) is 27.6 Å². The summed E-state index contributed by atoms with van der Waals surface area (Å²) in [6, 6.07) is 4.73. The Morgan fingerprint density at radius 3 is 2.52 bits per heavy atom. The Kier molecular flexibility index (Phi) is 5.00. The molecule has 2 N–H and O–H groups in total. The van der Waals surface area contributed by atoms with E-state index in [4.69, 9.17) is 19.7 Å². The van der Waals surface area contributed by atoms with E-state index in [1.54, 1.807) is 12.1 Å². The van der Waals surface area contributed by atoms with E-state index in [0.29, 0.717) is 69.2 Å². The number of hydrogen-bond acceptors (Lipinski definition) is 9. The highest BCUT2D eigenvalue weighted by molar-refractivity contribution is 7.89. The first kappa shape index (κ1) is 18.2. The maximum atomic E-state index is 12.9. The second-order valence-electron chi connectivity index (χ2n) is 6.29. The molecule has 11 heteroatoms. The second kappa shape index (κ2) is 7.43. The Labute approximate surface area is 156 Å². The molecule has 10 nitrogen and oxygen atoms in total. The number of rotatable bonds is 5. The van der Waals surface area contributed by atoms with Crippen molar-refractivity contribution in [3.8, 4) is 11.5 Å². The van der Waals surface area contributed by atoms with Crippen LogP contribution in [-0.2, 0) is 23.1 Å². The smallest absolute Gasteiger partial charge is 0.243 e. The molecule has 2 aliphatic heterocycles. The van der Waals surface area contributed by atoms with Crippen LogP contribution in [-0.4, -0.2) is 67.2 Å². The quantitative estimate of drug-likeness (QED) is 0.733. The van der Waals surface area contributed by atoms with E-state index in [2.05, 4.69) is 15.0 Å². The summed E-state index contributed by atoms with van der Waals surface area (Å²) in [6.45, 7) is 3.52. The third kappa shape index (κ3) is 3.76. The molecule has 1 fully saturated rings. The molecule has 27 heavy (non-hydrogen) atoms. The maximum absolute atomic E-state index is 12.9. The molecule has 0 unspecified atom stereocenters. The van der Waals surface area contributed by atoms with Crippen molar-refractivity contribution < 1.29 is 22.4 Å². The zero-order valence-electron chi connectivity index (χ0n) is 14.7. The predicted octanol–water partition coefficient (Wildman–Crippen LogP) is -0.194. The van der Waals surface area contributed by atoms with Crippen molar-refractivity contribution in [2.45, 2.75) is 18.0 Å². The summed E-state index contributed by atoms with van der Waals surface area (Å²) < 4.78 is 43.3. The summed E-state index contributed by atoms with van der Waals surface area (Å²) in [7, 11) is -3.59. The molecule has 2 aromatic rings. The fraction of sp³-hybridized carbons (Fsp3) is 0.500. The van der Waals surface area contributed by atoms with Gasteiger partial charge in [-0.25, -0.2) is 8.42 Å². The Balaban J connectivity index is 1.41. The van der Waals surface area contributed by atoms with Crippen LogP contribution in [0.25, 0.3) is 0 Å². The summed E-state index contributed by atoms with van der Waals surface area (Å²) >= 11 is 0. The molecule has 4 rings (SSSR count). The predicted molar refractivity (Wildman–Crippen MR) is 93.7 cm³/mol. The molecule has 0 atom stereocenters. The van der Waals surface area contributed by atoms with Crippen LogP contribution in [0.5, 0.6) is 11.5 Å². The van der Waals surface area contributed by atoms with Gasteiger partial charge < -0.3 is 19.7 Å². The van der Waals surface area contributed by atoms with Gasteiger partial charge >= 0.3 is 0 Å². The first-order valence-electron chi connectivity index (χ1n) is 8.70. The third-order valence-electron chi connectivity index (χ3n) is 4.53. The van der Waals surface area contributed by atoms with Gasteiger partial charge in [-0.05, 0) is 12.1 Å². The average molecular weight is 395 g/mol. The van der Waals surface area contributed by atoms with Crippen molar-refractivity contribution in [2.24, 2.45) is 5.73 Å². The number of benzene rings is 1. The highest BCUT2D eigenvalue weighted by Crippen LogP contribution is 2.33. The number of nitrogens with two attached hydrogens (primary N) is 1. The average Bonchev–Trinajstić information content (AvgIpc) is 3.15. The minimum Gasteiger partial charge on any atom is -0.486 e. The Morgan fingerprint density at radius 1 is 1.07 bits per heavy atom. The Bertz CT molecular complexity index is 908. The number of ether oxygens (including phenoxy) is 2. The lowest BCUT2D eigenvalue weighted by atomic mass is 10.3. The lowest BCUT2D eigenvalue weighted by Crippen LogP contribution is -2.48. The van der Waals surface area contributed by atoms with Crippen molar-refractivity contribution in [1.82, 2.24) is 19.3 Å². The van der Waals surface area contributed by atoms with Gasteiger partial charge in [0.25, 0.3) is 0 Å². The van der Waals surface area contributed by atoms with E-state index in [0.717, 1.165) is 0 Å². The topological polar surface area (TPSA) is 124 Å². The van der Waals surface area contributed by atoms with Crippen LogP contribution < -0.4 is 15.2 Å². The number of hydrogen-bond donors (Lipinski definition) is 1. The highest BCUT2D eigenvalue weighted by Gasteiger charge is 2.30. The Morgan fingerprint density at radius 2 is 1.81 bits per heavy atom. The van der Waals surface area contributed by atoms with Gasteiger partial charge in [-0.2, -0.15) is 9.29 Å². The van der Waals surface area contributed by atoms with E-state index in [1.807, 2.05) is 0 Å². The number of piperazine rings is 1. The second-order valence-corrected chi connectivity index (χ2v) is 8.23. The van der Waals surface area contributed by atoms with Crippen LogP contribution in [0.4, 0.5) is 0 Å². The molecular weight excluding hydrogens is 374 g/mol. The highest BCUT2D eigenvalue weighted by atomic mass is 32.2. The van der Waals surface area contributed by atoms with Crippen molar-refractivity contribution in [1.29, 1.82) is 0 Å². The van der Waals surface area contributed by atoms with Gasteiger partial charge in [-0.3, -0.25) is 4.90 Å². The zero-order valence-corrected chi connectivity index (χ0v) is 15.5. The number of fused-ring (bicyclic) bond motifs is 1. The van der Waals surface area contributed by atoms with Crippen LogP contribution in [0.3, 0.4) is 0 Å². The summed E-state index contributed by atoms with van der Waals surface area (Å²) in [5.41, 5.74) is 5.46. The number of aromatic nitrogens is 2. The van der Waals surface area contributed by atoms with Gasteiger partial charge in [0.1, 0.15) is 13.2 Å². The molecule has 2 aliphatic rings. The van der Waals surface area contributed by atoms with Gasteiger partial charge in [-0.1, -0.05) is 5.16 Å². The summed E-state index contributed by atoms with van der Waals surface area (Å²) in [5, 5.41) is 3.87. The molecule has 0 amide bonds. The van der Waals surface area contributed by atoms with Crippen LogP contribution in [0.1, 0.15) is 11.7 Å².